The van der Waals surface area contributed by atoms with Gasteiger partial charge in [0.05, 0.1) is 22.9 Å². The van der Waals surface area contributed by atoms with Gasteiger partial charge < -0.3 is 4.74 Å². The number of rotatable bonds is 1. The second-order valence-electron chi connectivity index (χ2n) is 6.27. The molecule has 1 aliphatic heterocycles. The summed E-state index contributed by atoms with van der Waals surface area (Å²) in [5, 5.41) is 9.34. The van der Waals surface area contributed by atoms with Crippen molar-refractivity contribution in [3.8, 4) is 11.8 Å². The van der Waals surface area contributed by atoms with Crippen LogP contribution in [0, 0.1) is 16.7 Å². The van der Waals surface area contributed by atoms with E-state index in [1.54, 1.807) is 29.1 Å². The van der Waals surface area contributed by atoms with Crippen molar-refractivity contribution in [1.29, 1.82) is 5.26 Å². The fourth-order valence-electron chi connectivity index (χ4n) is 3.52. The highest BCUT2D eigenvalue weighted by Gasteiger charge is 2.43. The summed E-state index contributed by atoms with van der Waals surface area (Å²) in [5.74, 6) is 0.0923. The summed E-state index contributed by atoms with van der Waals surface area (Å²) in [7, 11) is 0. The summed E-state index contributed by atoms with van der Waals surface area (Å²) in [6.45, 7) is 1.35. The summed E-state index contributed by atoms with van der Waals surface area (Å²) in [6.07, 6.45) is 3.84. The van der Waals surface area contributed by atoms with Crippen molar-refractivity contribution in [3.05, 3.63) is 46.5 Å². The lowest BCUT2D eigenvalue weighted by atomic mass is 9.73. The van der Waals surface area contributed by atoms with Gasteiger partial charge in [-0.1, -0.05) is 11.6 Å². The number of hydrogen-bond donors (Lipinski definition) is 0. The van der Waals surface area contributed by atoms with Crippen LogP contribution in [0.2, 0.25) is 5.02 Å². The zero-order chi connectivity index (χ0) is 16.0. The number of aromatic nitrogens is 2. The van der Waals surface area contributed by atoms with E-state index >= 15 is 0 Å². The number of imidazole rings is 1. The Kier molecular flexibility index (Phi) is 3.26. The van der Waals surface area contributed by atoms with Gasteiger partial charge in [-0.3, -0.25) is 9.36 Å². The zero-order valence-electron chi connectivity index (χ0n) is 12.4. The van der Waals surface area contributed by atoms with Crippen molar-refractivity contribution in [2.24, 2.45) is 5.41 Å². The van der Waals surface area contributed by atoms with Crippen LogP contribution in [0.25, 0.3) is 5.69 Å². The molecule has 2 aliphatic rings. The number of hydrogen-bond acceptors (Lipinski definition) is 4. The molecule has 4 rings (SSSR count). The summed E-state index contributed by atoms with van der Waals surface area (Å²) >= 11 is 6.11. The number of carbonyl (C=O) groups is 1. The van der Waals surface area contributed by atoms with E-state index in [9.17, 15) is 4.79 Å². The molecule has 116 valence electrons. The topological polar surface area (TPSA) is 67.9 Å². The maximum absolute atomic E-state index is 12.7. The van der Waals surface area contributed by atoms with E-state index < -0.39 is 0 Å². The van der Waals surface area contributed by atoms with E-state index in [2.05, 4.69) is 4.98 Å². The summed E-state index contributed by atoms with van der Waals surface area (Å²) in [5.41, 5.74) is 2.54. The first-order valence-electron chi connectivity index (χ1n) is 7.49. The number of carbonyl (C=O) groups excluding carboxylic acids is 1. The summed E-state index contributed by atoms with van der Waals surface area (Å²) < 4.78 is 7.27. The molecule has 0 amide bonds. The van der Waals surface area contributed by atoms with E-state index in [1.165, 1.54) is 0 Å². The highest BCUT2D eigenvalue weighted by molar-refractivity contribution is 6.31. The molecule has 1 spiro atoms. The maximum atomic E-state index is 12.7. The van der Waals surface area contributed by atoms with Crippen molar-refractivity contribution in [1.82, 2.24) is 9.55 Å². The van der Waals surface area contributed by atoms with Crippen LogP contribution in [0.5, 0.6) is 0 Å². The molecule has 0 N–H and O–H groups in total. The molecule has 6 heteroatoms. The highest BCUT2D eigenvalue weighted by atomic mass is 35.5. The van der Waals surface area contributed by atoms with Crippen molar-refractivity contribution in [3.63, 3.8) is 0 Å². The Hall–Kier alpha value is -2.16. The van der Waals surface area contributed by atoms with Crippen molar-refractivity contribution in [2.75, 3.05) is 13.2 Å². The van der Waals surface area contributed by atoms with E-state index in [4.69, 9.17) is 21.6 Å². The highest BCUT2D eigenvalue weighted by Crippen LogP contribution is 2.41. The van der Waals surface area contributed by atoms with Gasteiger partial charge >= 0.3 is 0 Å². The Morgan fingerprint density at radius 1 is 1.39 bits per heavy atom. The molecule has 0 radical (unpaired) electrons. The minimum absolute atomic E-state index is 0.0778. The Labute approximate surface area is 138 Å². The van der Waals surface area contributed by atoms with Crippen LogP contribution >= 0.6 is 11.6 Å². The molecule has 23 heavy (non-hydrogen) atoms. The minimum Gasteiger partial charge on any atom is -0.381 e. The first-order valence-corrected chi connectivity index (χ1v) is 7.87. The summed E-state index contributed by atoms with van der Waals surface area (Å²) in [4.78, 5) is 17.2. The van der Waals surface area contributed by atoms with Gasteiger partial charge in [0.1, 0.15) is 18.1 Å². The van der Waals surface area contributed by atoms with Crippen molar-refractivity contribution < 1.29 is 9.53 Å². The van der Waals surface area contributed by atoms with E-state index in [1.807, 2.05) is 6.07 Å². The van der Waals surface area contributed by atoms with Crippen LogP contribution in [0.4, 0.5) is 0 Å². The zero-order valence-corrected chi connectivity index (χ0v) is 13.1. The first kappa shape index (κ1) is 14.4. The Balaban J connectivity index is 1.77. The molecule has 5 nitrogen and oxygen atoms in total. The predicted molar refractivity (Wildman–Crippen MR) is 83.8 cm³/mol. The first-order chi connectivity index (χ1) is 11.1. The van der Waals surface area contributed by atoms with Crippen LogP contribution in [0.3, 0.4) is 0 Å². The average molecular weight is 328 g/mol. The Bertz CT molecular complexity index is 844. The molecule has 0 unspecified atom stereocenters. The van der Waals surface area contributed by atoms with Crippen LogP contribution in [0.1, 0.15) is 34.6 Å². The van der Waals surface area contributed by atoms with Crippen LogP contribution < -0.4 is 0 Å². The largest absolute Gasteiger partial charge is 0.381 e. The lowest BCUT2D eigenvalue weighted by Gasteiger charge is -2.30. The predicted octanol–water partition coefficient (Wildman–Crippen LogP) is 2.93. The van der Waals surface area contributed by atoms with Gasteiger partial charge in [-0.25, -0.2) is 4.98 Å². The summed E-state index contributed by atoms with van der Waals surface area (Å²) in [6, 6.07) is 7.16. The number of nitrogens with zero attached hydrogens (tertiary/aromatic N) is 3. The average Bonchev–Trinajstić information content (AvgIpc) is 3.15. The van der Waals surface area contributed by atoms with Crippen molar-refractivity contribution in [2.45, 2.75) is 19.3 Å². The van der Waals surface area contributed by atoms with Gasteiger partial charge in [0.2, 0.25) is 0 Å². The van der Waals surface area contributed by atoms with Gasteiger partial charge in [0.15, 0.2) is 5.78 Å². The molecule has 0 bridgehead atoms. The molecule has 2 heterocycles. The third-order valence-electron chi connectivity index (χ3n) is 4.72. The molecular formula is C17H14ClN3O2. The molecule has 1 saturated heterocycles. The number of nitriles is 1. The number of Topliss-reactive ketones (excluding diaryl/α,β-unsaturated/α-hetero) is 1. The number of halogens is 1. The van der Waals surface area contributed by atoms with Crippen molar-refractivity contribution >= 4 is 17.4 Å². The molecule has 1 fully saturated rings. The van der Waals surface area contributed by atoms with Crippen LogP contribution in [0.15, 0.2) is 24.5 Å². The quantitative estimate of drug-likeness (QED) is 0.807. The molecular weight excluding hydrogens is 314 g/mol. The van der Waals surface area contributed by atoms with E-state index in [-0.39, 0.29) is 11.2 Å². The lowest BCUT2D eigenvalue weighted by molar-refractivity contribution is 0.0836. The fourth-order valence-corrected chi connectivity index (χ4v) is 3.74. The fraction of sp³-hybridized carbons (Fsp3) is 0.353. The molecule has 0 saturated carbocycles. The Morgan fingerprint density at radius 2 is 2.26 bits per heavy atom. The number of ether oxygens (including phenoxy) is 1. The molecule has 1 aliphatic carbocycles. The molecule has 1 atom stereocenters. The number of ketones is 1. The molecule has 1 aromatic carbocycles. The van der Waals surface area contributed by atoms with Gasteiger partial charge in [0.25, 0.3) is 0 Å². The maximum Gasteiger partial charge on any atom is 0.182 e. The molecule has 1 aromatic heterocycles. The third-order valence-corrected chi connectivity index (χ3v) is 5.03. The second kappa shape index (κ2) is 5.19. The lowest BCUT2D eigenvalue weighted by Crippen LogP contribution is -2.33. The van der Waals surface area contributed by atoms with Gasteiger partial charge in [-0.15, -0.1) is 0 Å². The van der Waals surface area contributed by atoms with E-state index in [0.29, 0.717) is 35.9 Å². The van der Waals surface area contributed by atoms with Gasteiger partial charge in [-0.05, 0) is 24.6 Å². The Morgan fingerprint density at radius 3 is 2.96 bits per heavy atom. The number of benzene rings is 1. The van der Waals surface area contributed by atoms with Gasteiger partial charge in [0, 0.05) is 30.6 Å². The van der Waals surface area contributed by atoms with Crippen LogP contribution in [-0.2, 0) is 11.2 Å². The smallest absolute Gasteiger partial charge is 0.182 e. The second-order valence-corrected chi connectivity index (χ2v) is 6.67. The normalized spacial score (nSPS) is 23.0. The third kappa shape index (κ3) is 2.26. The van der Waals surface area contributed by atoms with Crippen LogP contribution in [-0.4, -0.2) is 28.5 Å². The van der Waals surface area contributed by atoms with Gasteiger partial charge in [-0.2, -0.15) is 5.26 Å². The standard InChI is InChI=1S/C17H14ClN3O2/c18-13-5-12(2-1-11(13)8-19)21-10-20-14-6-17(3-4-23-9-17)7-15(22)16(14)21/h1-2,5,10H,3-4,6-7,9H2/t17-/m1/s1. The molecule has 2 aromatic rings. The minimum atomic E-state index is -0.0778. The monoisotopic (exact) mass is 327 g/mol. The number of fused-ring (bicyclic) bond motifs is 1. The van der Waals surface area contributed by atoms with E-state index in [0.717, 1.165) is 24.2 Å². The SMILES string of the molecule is N#Cc1ccc(-n2cnc3c2C(=O)C[C@@]2(CCOC2)C3)cc1Cl.